The first-order valence-corrected chi connectivity index (χ1v) is 7.24. The summed E-state index contributed by atoms with van der Waals surface area (Å²) in [4.78, 5) is 0.238. The van der Waals surface area contributed by atoms with Crippen molar-refractivity contribution in [2.45, 2.75) is 37.6 Å². The van der Waals surface area contributed by atoms with Gasteiger partial charge in [-0.05, 0) is 30.5 Å². The summed E-state index contributed by atoms with van der Waals surface area (Å²) in [6.07, 6.45) is 1.44. The van der Waals surface area contributed by atoms with Gasteiger partial charge in [-0.25, -0.2) is 13.1 Å². The monoisotopic (exact) mass is 257 g/mol. The quantitative estimate of drug-likeness (QED) is 0.807. The highest BCUT2D eigenvalue weighted by Gasteiger charge is 2.18. The third-order valence-electron chi connectivity index (χ3n) is 2.68. The van der Waals surface area contributed by atoms with Gasteiger partial charge < -0.3 is 5.11 Å². The Hall–Kier alpha value is -0.910. The fourth-order valence-corrected chi connectivity index (χ4v) is 2.75. The van der Waals surface area contributed by atoms with Gasteiger partial charge in [0.2, 0.25) is 10.0 Å². The zero-order chi connectivity index (χ0) is 12.9. The van der Waals surface area contributed by atoms with E-state index in [-0.39, 0.29) is 11.5 Å². The first-order valence-electron chi connectivity index (χ1n) is 5.75. The van der Waals surface area contributed by atoms with E-state index in [1.807, 2.05) is 13.8 Å². The minimum Gasteiger partial charge on any atom is -0.395 e. The van der Waals surface area contributed by atoms with Gasteiger partial charge in [0, 0.05) is 6.04 Å². The first-order chi connectivity index (χ1) is 8.03. The SMILES string of the molecule is CCc1ccc(S(=O)(=O)N[C@H](CC)CO)cc1. The molecular formula is C12H19NO3S. The van der Waals surface area contributed by atoms with Crippen LogP contribution in [-0.4, -0.2) is 26.2 Å². The lowest BCUT2D eigenvalue weighted by Crippen LogP contribution is -2.36. The fourth-order valence-electron chi connectivity index (χ4n) is 1.44. The summed E-state index contributed by atoms with van der Waals surface area (Å²) in [6.45, 7) is 3.65. The second kappa shape index (κ2) is 6.14. The van der Waals surface area contributed by atoms with Crippen molar-refractivity contribution in [2.75, 3.05) is 6.61 Å². The molecule has 96 valence electrons. The summed E-state index contributed by atoms with van der Waals surface area (Å²) in [5.74, 6) is 0. The molecule has 0 bridgehead atoms. The van der Waals surface area contributed by atoms with Crippen LogP contribution in [0.15, 0.2) is 29.2 Å². The molecule has 0 aliphatic heterocycles. The van der Waals surface area contributed by atoms with Crippen molar-refractivity contribution in [2.24, 2.45) is 0 Å². The number of aliphatic hydroxyl groups is 1. The van der Waals surface area contributed by atoms with Crippen LogP contribution in [-0.2, 0) is 16.4 Å². The molecule has 17 heavy (non-hydrogen) atoms. The first kappa shape index (κ1) is 14.2. The minimum absolute atomic E-state index is 0.192. The molecule has 0 aliphatic carbocycles. The normalized spacial score (nSPS) is 13.6. The van der Waals surface area contributed by atoms with Crippen molar-refractivity contribution in [1.82, 2.24) is 4.72 Å². The number of aryl methyl sites for hydroxylation is 1. The van der Waals surface area contributed by atoms with Crippen molar-refractivity contribution in [3.8, 4) is 0 Å². The predicted octanol–water partition coefficient (Wildman–Crippen LogP) is 1.30. The van der Waals surface area contributed by atoms with E-state index in [0.717, 1.165) is 12.0 Å². The van der Waals surface area contributed by atoms with Crippen LogP contribution in [0.5, 0.6) is 0 Å². The Morgan fingerprint density at radius 2 is 1.82 bits per heavy atom. The maximum atomic E-state index is 11.9. The number of rotatable bonds is 6. The van der Waals surface area contributed by atoms with Gasteiger partial charge in [-0.1, -0.05) is 26.0 Å². The summed E-state index contributed by atoms with van der Waals surface area (Å²) in [7, 11) is -3.52. The zero-order valence-electron chi connectivity index (χ0n) is 10.2. The molecule has 1 rings (SSSR count). The van der Waals surface area contributed by atoms with E-state index in [9.17, 15) is 8.42 Å². The largest absolute Gasteiger partial charge is 0.395 e. The molecule has 2 N–H and O–H groups in total. The number of nitrogens with one attached hydrogen (secondary N) is 1. The summed E-state index contributed by atoms with van der Waals surface area (Å²) < 4.78 is 26.3. The van der Waals surface area contributed by atoms with Crippen molar-refractivity contribution in [3.05, 3.63) is 29.8 Å². The third-order valence-corrected chi connectivity index (χ3v) is 4.21. The van der Waals surface area contributed by atoms with Crippen LogP contribution in [0.2, 0.25) is 0 Å². The lowest BCUT2D eigenvalue weighted by Gasteiger charge is -2.14. The molecule has 0 spiro atoms. The van der Waals surface area contributed by atoms with E-state index >= 15 is 0 Å². The second-order valence-corrected chi connectivity index (χ2v) is 5.62. The van der Waals surface area contributed by atoms with Gasteiger partial charge in [-0.2, -0.15) is 0 Å². The molecule has 0 radical (unpaired) electrons. The minimum atomic E-state index is -3.52. The molecule has 0 heterocycles. The topological polar surface area (TPSA) is 66.4 Å². The highest BCUT2D eigenvalue weighted by molar-refractivity contribution is 7.89. The van der Waals surface area contributed by atoms with Gasteiger partial charge in [0.05, 0.1) is 11.5 Å². The van der Waals surface area contributed by atoms with Gasteiger partial charge in [0.1, 0.15) is 0 Å². The Kier molecular flexibility index (Phi) is 5.11. The molecule has 0 saturated heterocycles. The average Bonchev–Trinajstić information content (AvgIpc) is 2.36. The Morgan fingerprint density at radius 1 is 1.24 bits per heavy atom. The lowest BCUT2D eigenvalue weighted by atomic mass is 10.2. The van der Waals surface area contributed by atoms with E-state index < -0.39 is 16.1 Å². The van der Waals surface area contributed by atoms with Crippen LogP contribution in [0.3, 0.4) is 0 Å². The van der Waals surface area contributed by atoms with E-state index in [0.29, 0.717) is 6.42 Å². The summed E-state index contributed by atoms with van der Waals surface area (Å²) >= 11 is 0. The Bertz CT molecular complexity index is 435. The smallest absolute Gasteiger partial charge is 0.240 e. The molecule has 4 nitrogen and oxygen atoms in total. The van der Waals surface area contributed by atoms with E-state index in [2.05, 4.69) is 4.72 Å². The van der Waals surface area contributed by atoms with Gasteiger partial charge in [0.25, 0.3) is 0 Å². The molecule has 1 atom stereocenters. The van der Waals surface area contributed by atoms with Gasteiger partial charge >= 0.3 is 0 Å². The van der Waals surface area contributed by atoms with Gasteiger partial charge in [0.15, 0.2) is 0 Å². The summed E-state index contributed by atoms with van der Waals surface area (Å²) in [5, 5.41) is 8.99. The molecule has 0 unspecified atom stereocenters. The van der Waals surface area contributed by atoms with Crippen molar-refractivity contribution in [1.29, 1.82) is 0 Å². The molecule has 0 saturated carbocycles. The molecule has 1 aromatic carbocycles. The maximum Gasteiger partial charge on any atom is 0.240 e. The standard InChI is InChI=1S/C12H19NO3S/c1-3-10-5-7-12(8-6-10)17(15,16)13-11(4-2)9-14/h5-8,11,13-14H,3-4,9H2,1-2H3/t11-/m1/s1. The number of hydrogen-bond acceptors (Lipinski definition) is 3. The van der Waals surface area contributed by atoms with Crippen LogP contribution in [0.1, 0.15) is 25.8 Å². The van der Waals surface area contributed by atoms with Crippen LogP contribution in [0.25, 0.3) is 0 Å². The maximum absolute atomic E-state index is 11.9. The van der Waals surface area contributed by atoms with Crippen molar-refractivity contribution < 1.29 is 13.5 Å². The average molecular weight is 257 g/mol. The number of hydrogen-bond donors (Lipinski definition) is 2. The Morgan fingerprint density at radius 3 is 2.24 bits per heavy atom. The third kappa shape index (κ3) is 3.80. The van der Waals surface area contributed by atoms with E-state index in [4.69, 9.17) is 5.11 Å². The highest BCUT2D eigenvalue weighted by atomic mass is 32.2. The van der Waals surface area contributed by atoms with E-state index in [1.165, 1.54) is 0 Å². The van der Waals surface area contributed by atoms with E-state index in [1.54, 1.807) is 24.3 Å². The zero-order valence-corrected chi connectivity index (χ0v) is 11.0. The molecule has 0 aromatic heterocycles. The highest BCUT2D eigenvalue weighted by Crippen LogP contribution is 2.11. The lowest BCUT2D eigenvalue weighted by molar-refractivity contribution is 0.254. The van der Waals surface area contributed by atoms with Crippen molar-refractivity contribution >= 4 is 10.0 Å². The summed E-state index contributed by atoms with van der Waals surface area (Å²) in [5.41, 5.74) is 1.10. The van der Waals surface area contributed by atoms with Gasteiger partial charge in [-0.3, -0.25) is 0 Å². The predicted molar refractivity (Wildman–Crippen MR) is 67.3 cm³/mol. The molecule has 0 aliphatic rings. The summed E-state index contributed by atoms with van der Waals surface area (Å²) in [6, 6.07) is 6.35. The molecule has 0 amide bonds. The Labute approximate surface area is 103 Å². The number of benzene rings is 1. The molecule has 0 fully saturated rings. The van der Waals surface area contributed by atoms with Crippen LogP contribution < -0.4 is 4.72 Å². The molecular weight excluding hydrogens is 238 g/mol. The molecule has 5 heteroatoms. The van der Waals surface area contributed by atoms with Crippen LogP contribution in [0, 0.1) is 0 Å². The number of sulfonamides is 1. The molecule has 1 aromatic rings. The van der Waals surface area contributed by atoms with Crippen molar-refractivity contribution in [3.63, 3.8) is 0 Å². The van der Waals surface area contributed by atoms with Gasteiger partial charge in [-0.15, -0.1) is 0 Å². The number of aliphatic hydroxyl groups excluding tert-OH is 1. The van der Waals surface area contributed by atoms with Crippen LogP contribution >= 0.6 is 0 Å². The fraction of sp³-hybridized carbons (Fsp3) is 0.500. The van der Waals surface area contributed by atoms with Crippen LogP contribution in [0.4, 0.5) is 0 Å². The Balaban J connectivity index is 2.89. The second-order valence-electron chi connectivity index (χ2n) is 3.91.